The Kier molecular flexibility index (Phi) is 103. The van der Waals surface area contributed by atoms with Crippen LogP contribution in [0.3, 0.4) is 0 Å². The summed E-state index contributed by atoms with van der Waals surface area (Å²) in [5.41, 5.74) is 0. The zero-order valence-corrected chi connectivity index (χ0v) is 10.7. The van der Waals surface area contributed by atoms with Crippen molar-refractivity contribution in [3.63, 3.8) is 0 Å². The third-order valence-electron chi connectivity index (χ3n) is 0. The van der Waals surface area contributed by atoms with Crippen molar-refractivity contribution in [2.75, 3.05) is 0 Å². The van der Waals surface area contributed by atoms with Crippen LogP contribution in [0, 0.1) is 0 Å². The summed E-state index contributed by atoms with van der Waals surface area (Å²) in [6, 6.07) is 0. The molecule has 0 bridgehead atoms. The van der Waals surface area contributed by atoms with Gasteiger partial charge in [0.15, 0.2) is 0 Å². The second-order valence-corrected chi connectivity index (χ2v) is 3.72. The van der Waals surface area contributed by atoms with Crippen molar-refractivity contribution in [1.82, 2.24) is 0 Å². The largest absolute Gasteiger partial charge is 0.813 e. The number of halogens is 2. The van der Waals surface area contributed by atoms with Gasteiger partial charge in [-0.3, -0.25) is 0 Å². The normalized spacial score (nSPS) is 3.67. The van der Waals surface area contributed by atoms with Gasteiger partial charge in [0.2, 0.25) is 0 Å². The molecule has 0 saturated carbocycles. The van der Waals surface area contributed by atoms with E-state index in [0.29, 0.717) is 0 Å². The Hall–Kier alpha value is 2.44. The molecule has 2 unspecified atom stereocenters. The van der Waals surface area contributed by atoms with Crippen LogP contribution in [0.15, 0.2) is 0 Å². The molecule has 48 valence electrons. The van der Waals surface area contributed by atoms with Crippen molar-refractivity contribution in [2.24, 2.45) is 0 Å². The molecule has 0 N–H and O–H groups in total. The summed E-state index contributed by atoms with van der Waals surface area (Å²) in [5, 5.41) is 0. The Morgan fingerprint density at radius 3 is 1.00 bits per heavy atom. The molecular formula is H8Cl2IrP2S-. The molecule has 0 radical (unpaired) electrons. The Morgan fingerprint density at radius 2 is 1.00 bits per heavy atom. The summed E-state index contributed by atoms with van der Waals surface area (Å²) < 4.78 is 0. The van der Waals surface area contributed by atoms with Crippen molar-refractivity contribution < 1.29 is 15.7 Å². The van der Waals surface area contributed by atoms with Crippen LogP contribution in [0.1, 0.15) is 0 Å². The molecule has 0 aromatic carbocycles. The standard InChI is InChI=1S/2ClH.Ir.2H3P.H2S.H/h2*1H;;2*1H3;1H2;/q;;+2;;;;/p-3. The first-order chi connectivity index (χ1) is 1.41. The average molecular weight is 365 g/mol. The third kappa shape index (κ3) is 32.0. The molecular weight excluding hydrogens is 357 g/mol. The van der Waals surface area contributed by atoms with E-state index in [2.05, 4.69) is 0 Å². The van der Waals surface area contributed by atoms with E-state index in [9.17, 15) is 0 Å². The van der Waals surface area contributed by atoms with Crippen molar-refractivity contribution in [1.29, 1.82) is 0 Å². The van der Waals surface area contributed by atoms with Crippen molar-refractivity contribution in [2.45, 2.75) is 0 Å². The Balaban J connectivity index is -0.00000000667. The van der Waals surface area contributed by atoms with Gasteiger partial charge in [-0.05, 0) is 0 Å². The van der Waals surface area contributed by atoms with Crippen LogP contribution in [-0.2, 0) is 29.2 Å². The quantitative estimate of drug-likeness (QED) is 0.350. The molecule has 0 heterocycles. The molecule has 0 spiro atoms. The van der Waals surface area contributed by atoms with Crippen molar-refractivity contribution >= 4 is 52.5 Å². The Morgan fingerprint density at radius 1 is 1.00 bits per heavy atom. The van der Waals surface area contributed by atoms with Gasteiger partial charge < -0.3 is 13.5 Å². The first-order valence-electron chi connectivity index (χ1n) is 0.267. The molecule has 0 aliphatic carbocycles. The summed E-state index contributed by atoms with van der Waals surface area (Å²) >= 11 is -0.639. The molecule has 0 aliphatic heterocycles. The maximum Gasteiger partial charge on any atom is -0.813 e. The minimum absolute atomic E-state index is 0. The number of hydrogen-bond acceptors (Lipinski definition) is 1. The third-order valence-corrected chi connectivity index (χ3v) is 0. The van der Waals surface area contributed by atoms with E-state index < -0.39 is 15.7 Å². The molecule has 0 aliphatic rings. The number of thiol groups is 1. The molecule has 0 nitrogen and oxygen atoms in total. The fraction of sp³-hybridized carbons (Fsp3) is 0. The zero-order valence-electron chi connectivity index (χ0n) is 2.97. The SMILES string of the molecule is P.P.[Cl][IrH][Cl].[SH-]. The molecule has 0 aromatic rings. The van der Waals surface area contributed by atoms with Crippen LogP contribution in [0.2, 0.25) is 0 Å². The predicted octanol–water partition coefficient (Wildman–Crippen LogP) is 0.955. The van der Waals surface area contributed by atoms with E-state index in [4.69, 9.17) is 19.2 Å². The smallest absolute Gasteiger partial charge is 0.813 e. The first-order valence-corrected chi connectivity index (χ1v) is 6.56. The number of hydrogen-bond donors (Lipinski definition) is 0. The van der Waals surface area contributed by atoms with E-state index in [-0.39, 0.29) is 33.3 Å². The van der Waals surface area contributed by atoms with Gasteiger partial charge >= 0.3 is 34.8 Å². The summed E-state index contributed by atoms with van der Waals surface area (Å²) in [6.07, 6.45) is 0. The molecule has 0 amide bonds. The molecule has 0 aromatic heterocycles. The van der Waals surface area contributed by atoms with Crippen LogP contribution < -0.4 is 0 Å². The van der Waals surface area contributed by atoms with Gasteiger partial charge in [0.05, 0.1) is 0 Å². The predicted molar refractivity (Wildman–Crippen MR) is 44.1 cm³/mol. The first kappa shape index (κ1) is 23.7. The van der Waals surface area contributed by atoms with Crippen LogP contribution in [0.25, 0.3) is 0 Å². The van der Waals surface area contributed by atoms with Crippen LogP contribution in [-0.4, -0.2) is 0 Å². The van der Waals surface area contributed by atoms with Gasteiger partial charge in [-0.15, -0.1) is 0 Å². The van der Waals surface area contributed by atoms with Crippen molar-refractivity contribution in [3.8, 4) is 0 Å². The van der Waals surface area contributed by atoms with E-state index >= 15 is 0 Å². The minimum Gasteiger partial charge on any atom is -0.813 e. The van der Waals surface area contributed by atoms with Crippen LogP contribution in [0.4, 0.5) is 0 Å². The second kappa shape index (κ2) is 26.1. The monoisotopic (exact) mass is 365 g/mol. The molecule has 0 rings (SSSR count). The minimum atomic E-state index is -0.639. The fourth-order valence-corrected chi connectivity index (χ4v) is 0. The fourth-order valence-electron chi connectivity index (χ4n) is 0. The summed E-state index contributed by atoms with van der Waals surface area (Å²) in [4.78, 5) is 0. The Bertz CT molecular complexity index is 11.5. The maximum atomic E-state index is 4.90. The average Bonchev–Trinajstić information content (AvgIpc) is 0.918. The molecule has 2 atom stereocenters. The van der Waals surface area contributed by atoms with E-state index in [1.807, 2.05) is 0 Å². The van der Waals surface area contributed by atoms with Crippen LogP contribution in [0.5, 0.6) is 0 Å². The van der Waals surface area contributed by atoms with E-state index in [1.54, 1.807) is 0 Å². The Labute approximate surface area is 67.8 Å². The van der Waals surface area contributed by atoms with E-state index in [1.165, 1.54) is 0 Å². The number of rotatable bonds is 0. The molecule has 0 fully saturated rings. The van der Waals surface area contributed by atoms with Crippen LogP contribution >= 0.6 is 39.0 Å². The topological polar surface area (TPSA) is 0 Å². The summed E-state index contributed by atoms with van der Waals surface area (Å²) in [6.45, 7) is 0. The van der Waals surface area contributed by atoms with Crippen molar-refractivity contribution in [3.05, 3.63) is 0 Å². The van der Waals surface area contributed by atoms with Gasteiger partial charge in [-0.1, -0.05) is 0 Å². The van der Waals surface area contributed by atoms with Gasteiger partial charge in [-0.25, -0.2) is 0 Å². The molecule has 6 heteroatoms. The van der Waals surface area contributed by atoms with Gasteiger partial charge in [0, 0.05) is 0 Å². The van der Waals surface area contributed by atoms with Gasteiger partial charge in [0.1, 0.15) is 0 Å². The summed E-state index contributed by atoms with van der Waals surface area (Å²) in [7, 11) is 9.81. The summed E-state index contributed by atoms with van der Waals surface area (Å²) in [5.74, 6) is 0. The zero-order chi connectivity index (χ0) is 2.71. The van der Waals surface area contributed by atoms with Gasteiger partial charge in [-0.2, -0.15) is 19.8 Å². The maximum absolute atomic E-state index is 4.90. The second-order valence-electron chi connectivity index (χ2n) is 0.0505. The van der Waals surface area contributed by atoms with Gasteiger partial charge in [0.25, 0.3) is 0 Å². The van der Waals surface area contributed by atoms with E-state index in [0.717, 1.165) is 0 Å². The molecule has 0 saturated heterocycles. The molecule has 6 heavy (non-hydrogen) atoms.